The van der Waals surface area contributed by atoms with E-state index in [-0.39, 0.29) is 5.92 Å². The zero-order valence-electron chi connectivity index (χ0n) is 12.6. The van der Waals surface area contributed by atoms with E-state index in [0.29, 0.717) is 8.29 Å². The van der Waals surface area contributed by atoms with Crippen LogP contribution in [0.4, 0.5) is 4.79 Å². The van der Waals surface area contributed by atoms with Crippen LogP contribution in [0.3, 0.4) is 0 Å². The zero-order chi connectivity index (χ0) is 17.0. The van der Waals surface area contributed by atoms with Crippen molar-refractivity contribution in [3.63, 3.8) is 0 Å². The van der Waals surface area contributed by atoms with E-state index in [4.69, 9.17) is 18.0 Å². The molecule has 9 heteroatoms. The molecule has 3 N–H and O–H groups in total. The van der Waals surface area contributed by atoms with Gasteiger partial charge in [0.05, 0.1) is 10.9 Å². The first-order chi connectivity index (χ1) is 10.9. The molecule has 122 valence electrons. The minimum atomic E-state index is -0.858. The number of nitrogens with two attached hydrogens (primary N) is 1. The molecule has 0 aliphatic carbocycles. The number of imide groups is 1. The minimum Gasteiger partial charge on any atom is -0.351 e. The first-order valence-electron chi connectivity index (χ1n) is 6.81. The van der Waals surface area contributed by atoms with Crippen molar-refractivity contribution in [3.8, 4) is 5.69 Å². The van der Waals surface area contributed by atoms with E-state index in [1.807, 2.05) is 44.2 Å². The number of benzene rings is 1. The molecular weight excluding hydrogens is 352 g/mol. The van der Waals surface area contributed by atoms with Crippen LogP contribution in [-0.4, -0.2) is 27.0 Å². The first kappa shape index (κ1) is 17.6. The van der Waals surface area contributed by atoms with Crippen LogP contribution in [0.1, 0.15) is 13.8 Å². The summed E-state index contributed by atoms with van der Waals surface area (Å²) in [6.07, 6.45) is 0. The Morgan fingerprint density at radius 1 is 1.35 bits per heavy atom. The van der Waals surface area contributed by atoms with Crippen LogP contribution in [0.25, 0.3) is 5.69 Å². The summed E-state index contributed by atoms with van der Waals surface area (Å²) in [4.78, 5) is 23.0. The molecule has 3 amide bonds. The monoisotopic (exact) mass is 368 g/mol. The standard InChI is InChI=1S/C14H16N4O2S3/c1-8(2)10(11(19)16-12(15)20)22-13-17-18(14(21)23-13)9-6-4-3-5-7-9/h3-8,10H,1-2H3,(H3,15,16,19,20). The number of nitrogens with one attached hydrogen (secondary N) is 1. The third kappa shape index (κ3) is 4.63. The molecule has 1 unspecified atom stereocenters. The Kier molecular flexibility index (Phi) is 5.91. The second-order valence-corrected chi connectivity index (χ2v) is 8.03. The van der Waals surface area contributed by atoms with Crippen molar-refractivity contribution in [3.05, 3.63) is 34.3 Å². The van der Waals surface area contributed by atoms with Gasteiger partial charge in [0, 0.05) is 0 Å². The Labute approximate surface area is 147 Å². The molecule has 23 heavy (non-hydrogen) atoms. The fourth-order valence-corrected chi connectivity index (χ4v) is 4.40. The Morgan fingerprint density at radius 3 is 2.57 bits per heavy atom. The van der Waals surface area contributed by atoms with Gasteiger partial charge in [0.15, 0.2) is 8.29 Å². The van der Waals surface area contributed by atoms with Crippen molar-refractivity contribution < 1.29 is 9.59 Å². The average molecular weight is 369 g/mol. The number of nitrogens with zero attached hydrogens (tertiary/aromatic N) is 2. The molecule has 1 aromatic carbocycles. The van der Waals surface area contributed by atoms with E-state index in [0.717, 1.165) is 5.69 Å². The van der Waals surface area contributed by atoms with Gasteiger partial charge >= 0.3 is 6.03 Å². The van der Waals surface area contributed by atoms with E-state index < -0.39 is 17.2 Å². The summed E-state index contributed by atoms with van der Waals surface area (Å²) in [6, 6.07) is 8.68. The lowest BCUT2D eigenvalue weighted by Crippen LogP contribution is -2.42. The van der Waals surface area contributed by atoms with Crippen molar-refractivity contribution in [1.29, 1.82) is 0 Å². The van der Waals surface area contributed by atoms with E-state index >= 15 is 0 Å². The Hall–Kier alpha value is -1.71. The lowest BCUT2D eigenvalue weighted by molar-refractivity contribution is -0.120. The van der Waals surface area contributed by atoms with Gasteiger partial charge in [0.1, 0.15) is 0 Å². The maximum atomic E-state index is 12.1. The molecule has 0 aliphatic heterocycles. The van der Waals surface area contributed by atoms with Crippen LogP contribution in [-0.2, 0) is 4.79 Å². The predicted molar refractivity (Wildman–Crippen MR) is 94.5 cm³/mol. The van der Waals surface area contributed by atoms with Gasteiger partial charge in [-0.1, -0.05) is 55.1 Å². The molecule has 0 radical (unpaired) electrons. The number of amides is 3. The van der Waals surface area contributed by atoms with Crippen molar-refractivity contribution in [1.82, 2.24) is 15.1 Å². The summed E-state index contributed by atoms with van der Waals surface area (Å²) in [5, 5.41) is 6.10. The maximum absolute atomic E-state index is 12.1. The van der Waals surface area contributed by atoms with Crippen LogP contribution in [0.2, 0.25) is 0 Å². The van der Waals surface area contributed by atoms with Gasteiger partial charge in [-0.2, -0.15) is 0 Å². The largest absolute Gasteiger partial charge is 0.351 e. The molecule has 1 atom stereocenters. The maximum Gasteiger partial charge on any atom is 0.318 e. The Balaban J connectivity index is 2.23. The van der Waals surface area contributed by atoms with E-state index in [2.05, 4.69) is 10.4 Å². The zero-order valence-corrected chi connectivity index (χ0v) is 15.0. The van der Waals surface area contributed by atoms with E-state index in [1.54, 1.807) is 4.68 Å². The van der Waals surface area contributed by atoms with Crippen LogP contribution in [0, 0.1) is 9.87 Å². The SMILES string of the molecule is CC(C)C(Sc1nn(-c2ccccc2)c(=S)s1)C(=O)NC(N)=O. The molecule has 0 bridgehead atoms. The molecule has 0 spiro atoms. The van der Waals surface area contributed by atoms with Gasteiger partial charge in [0.25, 0.3) is 0 Å². The lowest BCUT2D eigenvalue weighted by atomic mass is 10.1. The molecule has 1 heterocycles. The fourth-order valence-electron chi connectivity index (χ4n) is 1.83. The molecule has 2 aromatic rings. The van der Waals surface area contributed by atoms with Crippen LogP contribution in [0.5, 0.6) is 0 Å². The van der Waals surface area contributed by atoms with Crippen molar-refractivity contribution in [2.75, 3.05) is 0 Å². The first-order valence-corrected chi connectivity index (χ1v) is 8.91. The normalized spacial score (nSPS) is 12.1. The topological polar surface area (TPSA) is 90.0 Å². The van der Waals surface area contributed by atoms with Gasteiger partial charge in [-0.05, 0) is 30.3 Å². The van der Waals surface area contributed by atoms with Crippen molar-refractivity contribution in [2.45, 2.75) is 23.4 Å². The smallest absolute Gasteiger partial charge is 0.318 e. The molecule has 0 aliphatic rings. The summed E-state index contributed by atoms with van der Waals surface area (Å²) in [5.74, 6) is -0.424. The predicted octanol–water partition coefficient (Wildman–Crippen LogP) is 2.97. The number of carbonyl (C=O) groups excluding carboxylic acids is 2. The third-order valence-electron chi connectivity index (χ3n) is 2.87. The number of para-hydroxylation sites is 1. The number of hydrogen-bond donors (Lipinski definition) is 2. The number of primary amides is 1. The second-order valence-electron chi connectivity index (χ2n) is 5.02. The molecule has 0 saturated carbocycles. The number of rotatable bonds is 5. The number of hydrogen-bond acceptors (Lipinski definition) is 6. The van der Waals surface area contributed by atoms with Gasteiger partial charge < -0.3 is 5.73 Å². The van der Waals surface area contributed by atoms with Crippen LogP contribution < -0.4 is 11.1 Å². The minimum absolute atomic E-state index is 0.00185. The number of thioether (sulfide) groups is 1. The number of carbonyl (C=O) groups is 2. The lowest BCUT2D eigenvalue weighted by Gasteiger charge is -2.17. The number of urea groups is 1. The summed E-state index contributed by atoms with van der Waals surface area (Å²) >= 11 is 7.94. The highest BCUT2D eigenvalue weighted by atomic mass is 32.2. The van der Waals surface area contributed by atoms with E-state index in [1.165, 1.54) is 23.1 Å². The summed E-state index contributed by atoms with van der Waals surface area (Å²) in [5.41, 5.74) is 5.88. The van der Waals surface area contributed by atoms with E-state index in [9.17, 15) is 9.59 Å². The van der Waals surface area contributed by atoms with Crippen LogP contribution in [0.15, 0.2) is 34.7 Å². The summed E-state index contributed by atoms with van der Waals surface area (Å²) in [6.45, 7) is 3.79. The molecule has 1 aromatic heterocycles. The van der Waals surface area contributed by atoms with Crippen molar-refractivity contribution >= 4 is 47.3 Å². The quantitative estimate of drug-likeness (QED) is 0.625. The summed E-state index contributed by atoms with van der Waals surface area (Å²) < 4.78 is 2.92. The van der Waals surface area contributed by atoms with Gasteiger partial charge in [-0.15, -0.1) is 5.10 Å². The molecule has 0 saturated heterocycles. The molecule has 6 nitrogen and oxygen atoms in total. The highest BCUT2D eigenvalue weighted by molar-refractivity contribution is 8.02. The summed E-state index contributed by atoms with van der Waals surface area (Å²) in [7, 11) is 0. The average Bonchev–Trinajstić information content (AvgIpc) is 2.85. The molecule has 0 fully saturated rings. The third-order valence-corrected chi connectivity index (χ3v) is 5.73. The van der Waals surface area contributed by atoms with Gasteiger partial charge in [-0.3, -0.25) is 10.1 Å². The Morgan fingerprint density at radius 2 is 2.00 bits per heavy atom. The highest BCUT2D eigenvalue weighted by Crippen LogP contribution is 2.31. The Bertz CT molecular complexity index is 755. The second kappa shape index (κ2) is 7.71. The van der Waals surface area contributed by atoms with Gasteiger partial charge in [0.2, 0.25) is 5.91 Å². The number of aromatic nitrogens is 2. The van der Waals surface area contributed by atoms with Crippen molar-refractivity contribution in [2.24, 2.45) is 11.7 Å². The van der Waals surface area contributed by atoms with Gasteiger partial charge in [-0.25, -0.2) is 9.48 Å². The highest BCUT2D eigenvalue weighted by Gasteiger charge is 2.26. The molecule has 2 rings (SSSR count). The molecular formula is C14H16N4O2S3. The fraction of sp³-hybridized carbons (Fsp3) is 0.286. The van der Waals surface area contributed by atoms with Crippen LogP contribution >= 0.6 is 35.3 Å².